The number of likely N-dealkylation sites (tertiary alicyclic amines) is 1. The molecule has 6 heteroatoms. The Morgan fingerprint density at radius 2 is 2.00 bits per heavy atom. The molecule has 1 fully saturated rings. The van der Waals surface area contributed by atoms with Crippen LogP contribution >= 0.6 is 0 Å². The molecule has 2 aromatic carbocycles. The van der Waals surface area contributed by atoms with Gasteiger partial charge in [0.15, 0.2) is 0 Å². The lowest BCUT2D eigenvalue weighted by atomic mass is 9.89. The highest BCUT2D eigenvalue weighted by molar-refractivity contribution is 5.31. The molecule has 0 bridgehead atoms. The van der Waals surface area contributed by atoms with Gasteiger partial charge in [-0.05, 0) is 55.1 Å². The van der Waals surface area contributed by atoms with Crippen LogP contribution in [-0.2, 0) is 0 Å². The van der Waals surface area contributed by atoms with E-state index < -0.39 is 0 Å². The van der Waals surface area contributed by atoms with Gasteiger partial charge in [-0.25, -0.2) is 5.53 Å². The fourth-order valence-corrected chi connectivity index (χ4v) is 3.80. The van der Waals surface area contributed by atoms with Crippen molar-refractivity contribution in [1.82, 2.24) is 10.2 Å². The molecule has 3 N–H and O–H groups in total. The van der Waals surface area contributed by atoms with Crippen LogP contribution in [-0.4, -0.2) is 43.4 Å². The minimum absolute atomic E-state index is 0.0161. The van der Waals surface area contributed by atoms with E-state index in [1.165, 1.54) is 5.56 Å². The van der Waals surface area contributed by atoms with Gasteiger partial charge in [-0.15, -0.1) is 0 Å². The first-order valence-corrected chi connectivity index (χ1v) is 10.1. The van der Waals surface area contributed by atoms with Crippen molar-refractivity contribution in [2.24, 2.45) is 5.11 Å². The third-order valence-electron chi connectivity index (χ3n) is 5.52. The van der Waals surface area contributed by atoms with Crippen LogP contribution in [0.1, 0.15) is 35.9 Å². The number of methoxy groups -OCH3 is 1. The van der Waals surface area contributed by atoms with Crippen LogP contribution in [0.15, 0.2) is 71.6 Å². The number of aliphatic hydroxyl groups is 1. The summed E-state index contributed by atoms with van der Waals surface area (Å²) in [5, 5.41) is 16.6. The quantitative estimate of drug-likeness (QED) is 0.560. The minimum Gasteiger partial charge on any atom is -0.497 e. The smallest absolute Gasteiger partial charge is 0.119 e. The number of rotatable bonds is 9. The van der Waals surface area contributed by atoms with E-state index in [0.29, 0.717) is 18.2 Å². The highest BCUT2D eigenvalue weighted by Crippen LogP contribution is 2.30. The molecule has 0 aromatic heterocycles. The molecule has 29 heavy (non-hydrogen) atoms. The first kappa shape index (κ1) is 21.0. The van der Waals surface area contributed by atoms with Gasteiger partial charge < -0.3 is 15.2 Å². The Morgan fingerprint density at radius 1 is 1.24 bits per heavy atom. The zero-order chi connectivity index (χ0) is 20.5. The molecule has 1 aliphatic heterocycles. The van der Waals surface area contributed by atoms with Gasteiger partial charge in [0.25, 0.3) is 0 Å². The molecule has 0 saturated carbocycles. The molecule has 6 nitrogen and oxygen atoms in total. The zero-order valence-electron chi connectivity index (χ0n) is 16.9. The third-order valence-corrected chi connectivity index (χ3v) is 5.52. The van der Waals surface area contributed by atoms with Gasteiger partial charge in [-0.1, -0.05) is 42.5 Å². The Kier molecular flexibility index (Phi) is 7.78. The molecule has 0 amide bonds. The number of ether oxygens (including phenoxy) is 1. The van der Waals surface area contributed by atoms with Crippen LogP contribution in [0, 0.1) is 5.53 Å². The van der Waals surface area contributed by atoms with Gasteiger partial charge in [-0.2, -0.15) is 5.11 Å². The van der Waals surface area contributed by atoms with Crippen LogP contribution in [0.4, 0.5) is 0 Å². The molecule has 0 aliphatic carbocycles. The minimum atomic E-state index is -0.202. The predicted molar refractivity (Wildman–Crippen MR) is 114 cm³/mol. The Morgan fingerprint density at radius 3 is 2.66 bits per heavy atom. The predicted octanol–water partition coefficient (Wildman–Crippen LogP) is 4.07. The zero-order valence-corrected chi connectivity index (χ0v) is 16.9. The van der Waals surface area contributed by atoms with E-state index in [0.717, 1.165) is 37.2 Å². The Hall–Kier alpha value is -2.70. The molecule has 3 rings (SSSR count). The van der Waals surface area contributed by atoms with Crippen molar-refractivity contribution in [1.29, 1.82) is 5.53 Å². The average Bonchev–Trinajstić information content (AvgIpc) is 2.80. The van der Waals surface area contributed by atoms with Crippen molar-refractivity contribution in [3.05, 3.63) is 77.6 Å². The summed E-state index contributed by atoms with van der Waals surface area (Å²) in [4.78, 5) is 2.33. The first-order chi connectivity index (χ1) is 14.2. The highest BCUT2D eigenvalue weighted by Gasteiger charge is 2.21. The van der Waals surface area contributed by atoms with Crippen LogP contribution in [0.5, 0.6) is 5.75 Å². The SMILES string of the molecule is COc1cccc(C2CCN(C/C(=C/NC(CO)c3ccccc3)N=N)CC2)c1. The Labute approximate surface area is 172 Å². The van der Waals surface area contributed by atoms with Crippen LogP contribution < -0.4 is 10.1 Å². The largest absolute Gasteiger partial charge is 0.497 e. The average molecular weight is 395 g/mol. The second-order valence-corrected chi connectivity index (χ2v) is 7.39. The van der Waals surface area contributed by atoms with Crippen LogP contribution in [0.25, 0.3) is 0 Å². The van der Waals surface area contributed by atoms with Crippen LogP contribution in [0.3, 0.4) is 0 Å². The van der Waals surface area contributed by atoms with Gasteiger partial charge in [0.05, 0.1) is 25.5 Å². The van der Waals surface area contributed by atoms with E-state index >= 15 is 0 Å². The molecule has 0 radical (unpaired) electrons. The van der Waals surface area contributed by atoms with Crippen molar-refractivity contribution in [2.45, 2.75) is 24.8 Å². The summed E-state index contributed by atoms with van der Waals surface area (Å²) in [5.74, 6) is 1.45. The lowest BCUT2D eigenvalue weighted by Crippen LogP contribution is -2.34. The maximum atomic E-state index is 9.67. The molecule has 1 aliphatic rings. The number of piperidine rings is 1. The Balaban J connectivity index is 1.53. The first-order valence-electron chi connectivity index (χ1n) is 10.1. The van der Waals surface area contributed by atoms with Crippen molar-refractivity contribution >= 4 is 0 Å². The van der Waals surface area contributed by atoms with Gasteiger partial charge in [0.1, 0.15) is 5.75 Å². The third kappa shape index (κ3) is 5.89. The van der Waals surface area contributed by atoms with Gasteiger partial charge in [0.2, 0.25) is 0 Å². The van der Waals surface area contributed by atoms with Gasteiger partial charge >= 0.3 is 0 Å². The van der Waals surface area contributed by atoms with Gasteiger partial charge in [-0.3, -0.25) is 4.90 Å². The number of hydrogen-bond donors (Lipinski definition) is 3. The second kappa shape index (κ2) is 10.7. The molecule has 154 valence electrons. The van der Waals surface area contributed by atoms with Crippen LogP contribution in [0.2, 0.25) is 0 Å². The van der Waals surface area contributed by atoms with E-state index in [4.69, 9.17) is 10.3 Å². The summed E-state index contributed by atoms with van der Waals surface area (Å²) in [7, 11) is 1.70. The van der Waals surface area contributed by atoms with E-state index in [1.54, 1.807) is 13.3 Å². The molecule has 1 saturated heterocycles. The maximum Gasteiger partial charge on any atom is 0.119 e. The van der Waals surface area contributed by atoms with E-state index in [2.05, 4.69) is 33.5 Å². The molecule has 0 spiro atoms. The number of aliphatic hydroxyl groups excluding tert-OH is 1. The molecular formula is C23H30N4O2. The molecule has 1 unspecified atom stereocenters. The maximum absolute atomic E-state index is 9.67. The summed E-state index contributed by atoms with van der Waals surface area (Å²) >= 11 is 0. The lowest BCUT2D eigenvalue weighted by Gasteiger charge is -2.32. The molecule has 2 aromatic rings. The number of nitrogens with one attached hydrogen (secondary N) is 2. The van der Waals surface area contributed by atoms with Crippen molar-refractivity contribution in [3.63, 3.8) is 0 Å². The van der Waals surface area contributed by atoms with E-state index in [1.807, 2.05) is 36.4 Å². The lowest BCUT2D eigenvalue weighted by molar-refractivity contribution is 0.225. The fourth-order valence-electron chi connectivity index (χ4n) is 3.80. The van der Waals surface area contributed by atoms with E-state index in [-0.39, 0.29) is 12.6 Å². The monoisotopic (exact) mass is 394 g/mol. The second-order valence-electron chi connectivity index (χ2n) is 7.39. The Bertz CT molecular complexity index is 802. The summed E-state index contributed by atoms with van der Waals surface area (Å²) in [6.07, 6.45) is 3.92. The topological polar surface area (TPSA) is 80.9 Å². The summed E-state index contributed by atoms with van der Waals surface area (Å²) in [6.45, 7) is 2.56. The normalized spacial score (nSPS) is 17.0. The molecule has 1 atom stereocenters. The molecular weight excluding hydrogens is 364 g/mol. The van der Waals surface area contributed by atoms with Crippen molar-refractivity contribution in [2.75, 3.05) is 33.4 Å². The standard InChI is InChI=1S/C23H30N4O2/c1-29-22-9-5-8-20(14-22)18-10-12-27(13-11-18)16-21(26-24)15-25-23(17-28)19-6-3-2-4-7-19/h2-9,14-15,18,23-25,28H,10-13,16-17H2,1H3/b21-15-,26-24?. The summed E-state index contributed by atoms with van der Waals surface area (Å²) in [5.41, 5.74) is 10.5. The van der Waals surface area contributed by atoms with E-state index in [9.17, 15) is 5.11 Å². The highest BCUT2D eigenvalue weighted by atomic mass is 16.5. The number of hydrogen-bond acceptors (Lipinski definition) is 6. The molecule has 1 heterocycles. The number of nitrogens with zero attached hydrogens (tertiary/aromatic N) is 2. The van der Waals surface area contributed by atoms with Crippen molar-refractivity contribution < 1.29 is 9.84 Å². The number of benzene rings is 2. The summed E-state index contributed by atoms with van der Waals surface area (Å²) in [6, 6.07) is 17.9. The van der Waals surface area contributed by atoms with Crippen molar-refractivity contribution in [3.8, 4) is 5.75 Å². The van der Waals surface area contributed by atoms with Gasteiger partial charge in [0, 0.05) is 12.7 Å². The fraction of sp³-hybridized carbons (Fsp3) is 0.391. The summed E-state index contributed by atoms with van der Waals surface area (Å²) < 4.78 is 5.35.